The number of aliphatic imine (C=N–C) groups is 1. The molecule has 29 heavy (non-hydrogen) atoms. The molecule has 0 amide bonds. The van der Waals surface area contributed by atoms with E-state index in [2.05, 4.69) is 56.9 Å². The zero-order valence-corrected chi connectivity index (χ0v) is 17.5. The molecule has 3 rings (SSSR count). The summed E-state index contributed by atoms with van der Waals surface area (Å²) in [6.07, 6.45) is 0.929. The lowest BCUT2D eigenvalue weighted by molar-refractivity contribution is 0.0341. The molecule has 0 spiro atoms. The maximum atomic E-state index is 5.46. The molecule has 1 fully saturated rings. The van der Waals surface area contributed by atoms with Crippen molar-refractivity contribution in [1.82, 2.24) is 15.5 Å². The molecule has 0 atom stereocenters. The number of benzene rings is 2. The van der Waals surface area contributed by atoms with Crippen molar-refractivity contribution in [3.8, 4) is 5.75 Å². The number of hydrogen-bond acceptors (Lipinski definition) is 4. The Bertz CT molecular complexity index is 771. The quantitative estimate of drug-likeness (QED) is 0.530. The minimum atomic E-state index is 0.753. The first kappa shape index (κ1) is 21.1. The molecule has 0 aromatic heterocycles. The number of morpholine rings is 1. The maximum absolute atomic E-state index is 5.46. The Hall–Kier alpha value is -2.57. The van der Waals surface area contributed by atoms with Gasteiger partial charge < -0.3 is 20.1 Å². The van der Waals surface area contributed by atoms with E-state index in [1.165, 1.54) is 16.7 Å². The van der Waals surface area contributed by atoms with Crippen LogP contribution in [0.15, 0.2) is 53.5 Å². The molecule has 2 aromatic rings. The number of methoxy groups -OCH3 is 1. The molecule has 0 aliphatic carbocycles. The van der Waals surface area contributed by atoms with Crippen molar-refractivity contribution in [1.29, 1.82) is 0 Å². The maximum Gasteiger partial charge on any atom is 0.191 e. The number of guanidine groups is 1. The molecule has 156 valence electrons. The van der Waals surface area contributed by atoms with E-state index in [0.29, 0.717) is 0 Å². The van der Waals surface area contributed by atoms with Crippen molar-refractivity contribution in [2.75, 3.05) is 47.0 Å². The van der Waals surface area contributed by atoms with Gasteiger partial charge in [-0.3, -0.25) is 9.89 Å². The minimum Gasteiger partial charge on any atom is -0.497 e. The molecular weight excluding hydrogens is 364 g/mol. The highest BCUT2D eigenvalue weighted by Gasteiger charge is 2.12. The van der Waals surface area contributed by atoms with E-state index in [4.69, 9.17) is 9.47 Å². The first-order chi connectivity index (χ1) is 14.3. The molecule has 0 radical (unpaired) electrons. The van der Waals surface area contributed by atoms with E-state index < -0.39 is 0 Å². The van der Waals surface area contributed by atoms with Crippen molar-refractivity contribution >= 4 is 5.96 Å². The van der Waals surface area contributed by atoms with Crippen LogP contribution in [0.2, 0.25) is 0 Å². The molecule has 1 saturated heterocycles. The molecule has 1 heterocycles. The lowest BCUT2D eigenvalue weighted by atomic mass is 10.1. The van der Waals surface area contributed by atoms with Crippen LogP contribution in [0.4, 0.5) is 0 Å². The Morgan fingerprint density at radius 1 is 1.03 bits per heavy atom. The van der Waals surface area contributed by atoms with Crippen LogP contribution in [0.5, 0.6) is 5.75 Å². The molecule has 0 saturated carbocycles. The van der Waals surface area contributed by atoms with E-state index in [1.54, 1.807) is 7.11 Å². The van der Waals surface area contributed by atoms with E-state index in [9.17, 15) is 0 Å². The van der Waals surface area contributed by atoms with Crippen molar-refractivity contribution < 1.29 is 9.47 Å². The van der Waals surface area contributed by atoms with Crippen LogP contribution in [0.25, 0.3) is 0 Å². The fraction of sp³-hybridized carbons (Fsp3) is 0.435. The summed E-state index contributed by atoms with van der Waals surface area (Å²) in [6, 6.07) is 16.8. The van der Waals surface area contributed by atoms with Gasteiger partial charge in [-0.05, 0) is 35.2 Å². The Morgan fingerprint density at radius 3 is 2.45 bits per heavy atom. The first-order valence-electron chi connectivity index (χ1n) is 10.2. The Kier molecular flexibility index (Phi) is 8.34. The van der Waals surface area contributed by atoms with Gasteiger partial charge >= 0.3 is 0 Å². The summed E-state index contributed by atoms with van der Waals surface area (Å²) in [5.74, 6) is 1.70. The molecule has 2 aromatic carbocycles. The Labute approximate surface area is 173 Å². The van der Waals surface area contributed by atoms with Crippen LogP contribution in [-0.4, -0.2) is 57.9 Å². The topological polar surface area (TPSA) is 58.1 Å². The third-order valence-electron chi connectivity index (χ3n) is 5.15. The van der Waals surface area contributed by atoms with Gasteiger partial charge in [-0.1, -0.05) is 36.4 Å². The second-order valence-electron chi connectivity index (χ2n) is 7.11. The predicted molar refractivity (Wildman–Crippen MR) is 117 cm³/mol. The monoisotopic (exact) mass is 396 g/mol. The van der Waals surface area contributed by atoms with Gasteiger partial charge in [0.1, 0.15) is 5.75 Å². The van der Waals surface area contributed by atoms with Gasteiger partial charge in [0, 0.05) is 39.8 Å². The van der Waals surface area contributed by atoms with E-state index in [0.717, 1.165) is 64.1 Å². The molecule has 6 nitrogen and oxygen atoms in total. The normalized spacial score (nSPS) is 15.2. The third-order valence-corrected chi connectivity index (χ3v) is 5.15. The summed E-state index contributed by atoms with van der Waals surface area (Å²) in [5.41, 5.74) is 3.93. The lowest BCUT2D eigenvalue weighted by Gasteiger charge is -2.27. The van der Waals surface area contributed by atoms with Crippen LogP contribution in [0, 0.1) is 0 Å². The molecule has 0 bridgehead atoms. The summed E-state index contributed by atoms with van der Waals surface area (Å²) >= 11 is 0. The van der Waals surface area contributed by atoms with Crippen molar-refractivity contribution in [2.45, 2.75) is 19.5 Å². The molecule has 1 aliphatic heterocycles. The highest BCUT2D eigenvalue weighted by Crippen LogP contribution is 2.13. The van der Waals surface area contributed by atoms with E-state index >= 15 is 0 Å². The number of rotatable bonds is 8. The van der Waals surface area contributed by atoms with Crippen LogP contribution >= 0.6 is 0 Å². The van der Waals surface area contributed by atoms with Crippen molar-refractivity contribution in [3.05, 3.63) is 65.2 Å². The van der Waals surface area contributed by atoms with Gasteiger partial charge in [-0.2, -0.15) is 0 Å². The molecule has 6 heteroatoms. The minimum absolute atomic E-state index is 0.753. The zero-order valence-electron chi connectivity index (χ0n) is 17.5. The zero-order chi connectivity index (χ0) is 20.3. The van der Waals surface area contributed by atoms with Crippen LogP contribution in [-0.2, 0) is 24.2 Å². The SMILES string of the molecule is CN=C(NCCc1ccc(OC)cc1)NCc1ccccc1CN1CCOCC1. The average molecular weight is 397 g/mol. The van der Waals surface area contributed by atoms with Crippen LogP contribution in [0.1, 0.15) is 16.7 Å². The van der Waals surface area contributed by atoms with Crippen LogP contribution in [0.3, 0.4) is 0 Å². The number of nitrogens with one attached hydrogen (secondary N) is 2. The summed E-state index contributed by atoms with van der Waals surface area (Å²) in [4.78, 5) is 6.80. The fourth-order valence-electron chi connectivity index (χ4n) is 3.40. The summed E-state index contributed by atoms with van der Waals surface area (Å²) < 4.78 is 10.7. The number of nitrogens with zero attached hydrogens (tertiary/aromatic N) is 2. The molecule has 2 N–H and O–H groups in total. The Balaban J connectivity index is 1.47. The predicted octanol–water partition coefficient (Wildman–Crippen LogP) is 2.44. The third kappa shape index (κ3) is 6.76. The van der Waals surface area contributed by atoms with Crippen LogP contribution < -0.4 is 15.4 Å². The van der Waals surface area contributed by atoms with Gasteiger partial charge in [-0.25, -0.2) is 0 Å². The Morgan fingerprint density at radius 2 is 1.76 bits per heavy atom. The standard InChI is InChI=1S/C23H32N4O2/c1-24-23(25-12-11-19-7-9-22(28-2)10-8-19)26-17-20-5-3-4-6-21(20)18-27-13-15-29-16-14-27/h3-10H,11-18H2,1-2H3,(H2,24,25,26). The summed E-state index contributed by atoms with van der Waals surface area (Å²) in [7, 11) is 3.49. The van der Waals surface area contributed by atoms with Crippen molar-refractivity contribution in [2.24, 2.45) is 4.99 Å². The van der Waals surface area contributed by atoms with Gasteiger partial charge in [0.05, 0.1) is 20.3 Å². The average Bonchev–Trinajstić information content (AvgIpc) is 2.78. The summed E-state index contributed by atoms with van der Waals surface area (Å²) in [5, 5.41) is 6.84. The van der Waals surface area contributed by atoms with Gasteiger partial charge in [0.15, 0.2) is 5.96 Å². The first-order valence-corrected chi connectivity index (χ1v) is 10.2. The van der Waals surface area contributed by atoms with Gasteiger partial charge in [0.2, 0.25) is 0 Å². The van der Waals surface area contributed by atoms with Crippen molar-refractivity contribution in [3.63, 3.8) is 0 Å². The van der Waals surface area contributed by atoms with Gasteiger partial charge in [0.25, 0.3) is 0 Å². The largest absolute Gasteiger partial charge is 0.497 e. The highest BCUT2D eigenvalue weighted by atomic mass is 16.5. The molecular formula is C23H32N4O2. The van der Waals surface area contributed by atoms with E-state index in [-0.39, 0.29) is 0 Å². The van der Waals surface area contributed by atoms with E-state index in [1.807, 2.05) is 19.2 Å². The smallest absolute Gasteiger partial charge is 0.191 e. The second kappa shape index (κ2) is 11.4. The van der Waals surface area contributed by atoms with Gasteiger partial charge in [-0.15, -0.1) is 0 Å². The lowest BCUT2D eigenvalue weighted by Crippen LogP contribution is -2.38. The molecule has 1 aliphatic rings. The summed E-state index contributed by atoms with van der Waals surface area (Å²) in [6.45, 7) is 6.18. The highest BCUT2D eigenvalue weighted by molar-refractivity contribution is 5.79. The number of hydrogen-bond donors (Lipinski definition) is 2. The fourth-order valence-corrected chi connectivity index (χ4v) is 3.40. The number of ether oxygens (including phenoxy) is 2. The molecule has 0 unspecified atom stereocenters. The second-order valence-corrected chi connectivity index (χ2v) is 7.11.